The molecule has 26 heavy (non-hydrogen) atoms. The van der Waals surface area contributed by atoms with Crippen LogP contribution >= 0.6 is 0 Å². The second-order valence-electron chi connectivity index (χ2n) is 5.71. The Bertz CT molecular complexity index is 757. The highest BCUT2D eigenvalue weighted by Crippen LogP contribution is 2.27. The van der Waals surface area contributed by atoms with Crippen LogP contribution in [0.2, 0.25) is 0 Å². The summed E-state index contributed by atoms with van der Waals surface area (Å²) in [5.74, 6) is 0.908. The molecule has 0 saturated carbocycles. The average Bonchev–Trinajstić information content (AvgIpc) is 2.69. The number of benzene rings is 2. The summed E-state index contributed by atoms with van der Waals surface area (Å²) in [6.07, 6.45) is 0.877. The van der Waals surface area contributed by atoms with Crippen LogP contribution in [0.5, 0.6) is 11.5 Å². The smallest absolute Gasteiger partial charge is 0.251 e. The molecular formula is C20H24N2O4. The summed E-state index contributed by atoms with van der Waals surface area (Å²) in [4.78, 5) is 24.2. The van der Waals surface area contributed by atoms with Gasteiger partial charge < -0.3 is 20.1 Å². The highest BCUT2D eigenvalue weighted by molar-refractivity contribution is 5.97. The highest BCUT2D eigenvalue weighted by Gasteiger charge is 2.10. The lowest BCUT2D eigenvalue weighted by Gasteiger charge is -2.10. The Morgan fingerprint density at radius 2 is 1.42 bits per heavy atom. The standard InChI is InChI=1S/C20H24N2O4/c1-4-11-21-19(23)15-6-8-16(9-7-15)20(24)22-13-14-5-10-17(25-2)18(12-14)26-3/h5-10,12H,4,11,13H2,1-3H3,(H,21,23)(H,22,24). The monoisotopic (exact) mass is 356 g/mol. The van der Waals surface area contributed by atoms with E-state index in [1.165, 1.54) is 0 Å². The molecule has 2 amide bonds. The minimum absolute atomic E-state index is 0.135. The third kappa shape index (κ3) is 4.99. The van der Waals surface area contributed by atoms with Crippen LogP contribution < -0.4 is 20.1 Å². The number of carbonyl (C=O) groups is 2. The first kappa shape index (κ1) is 19.3. The van der Waals surface area contributed by atoms with Gasteiger partial charge in [0.25, 0.3) is 11.8 Å². The van der Waals surface area contributed by atoms with Crippen LogP contribution in [0.3, 0.4) is 0 Å². The molecule has 2 aromatic carbocycles. The fourth-order valence-corrected chi connectivity index (χ4v) is 2.39. The van der Waals surface area contributed by atoms with Crippen LogP contribution in [0.25, 0.3) is 0 Å². The first-order chi connectivity index (χ1) is 12.6. The summed E-state index contributed by atoms with van der Waals surface area (Å²) < 4.78 is 10.5. The minimum Gasteiger partial charge on any atom is -0.493 e. The molecular weight excluding hydrogens is 332 g/mol. The van der Waals surface area contributed by atoms with Gasteiger partial charge in [0, 0.05) is 24.2 Å². The van der Waals surface area contributed by atoms with Crippen molar-refractivity contribution in [1.29, 1.82) is 0 Å². The first-order valence-corrected chi connectivity index (χ1v) is 8.46. The zero-order valence-corrected chi connectivity index (χ0v) is 15.3. The van der Waals surface area contributed by atoms with Gasteiger partial charge in [0.1, 0.15) is 0 Å². The molecule has 0 spiro atoms. The van der Waals surface area contributed by atoms with Crippen molar-refractivity contribution in [3.63, 3.8) is 0 Å². The summed E-state index contributed by atoms with van der Waals surface area (Å²) in [6, 6.07) is 12.1. The van der Waals surface area contributed by atoms with Gasteiger partial charge in [-0.1, -0.05) is 13.0 Å². The lowest BCUT2D eigenvalue weighted by molar-refractivity contribution is 0.0940. The molecule has 2 aromatic rings. The van der Waals surface area contributed by atoms with Crippen molar-refractivity contribution in [3.8, 4) is 11.5 Å². The van der Waals surface area contributed by atoms with Crippen LogP contribution in [0, 0.1) is 0 Å². The molecule has 0 unspecified atom stereocenters. The van der Waals surface area contributed by atoms with Gasteiger partial charge in [-0.25, -0.2) is 0 Å². The maximum atomic E-state index is 12.3. The lowest BCUT2D eigenvalue weighted by atomic mass is 10.1. The van der Waals surface area contributed by atoms with Crippen molar-refractivity contribution in [2.75, 3.05) is 20.8 Å². The number of carbonyl (C=O) groups excluding carboxylic acids is 2. The number of hydrogen-bond donors (Lipinski definition) is 2. The summed E-state index contributed by atoms with van der Waals surface area (Å²) >= 11 is 0. The predicted octanol–water partition coefficient (Wildman–Crippen LogP) is 2.77. The van der Waals surface area contributed by atoms with E-state index in [0.29, 0.717) is 35.7 Å². The van der Waals surface area contributed by atoms with E-state index in [2.05, 4.69) is 10.6 Å². The largest absolute Gasteiger partial charge is 0.493 e. The van der Waals surface area contributed by atoms with Gasteiger partial charge in [-0.15, -0.1) is 0 Å². The van der Waals surface area contributed by atoms with Crippen molar-refractivity contribution < 1.29 is 19.1 Å². The number of rotatable bonds is 8. The molecule has 0 aromatic heterocycles. The van der Waals surface area contributed by atoms with E-state index < -0.39 is 0 Å². The molecule has 0 aliphatic rings. The molecule has 0 saturated heterocycles. The zero-order chi connectivity index (χ0) is 18.9. The Labute approximate surface area is 153 Å². The second-order valence-corrected chi connectivity index (χ2v) is 5.71. The maximum absolute atomic E-state index is 12.3. The van der Waals surface area contributed by atoms with E-state index in [1.807, 2.05) is 19.1 Å². The summed E-state index contributed by atoms with van der Waals surface area (Å²) in [6.45, 7) is 2.98. The van der Waals surface area contributed by atoms with Crippen LogP contribution in [-0.2, 0) is 6.54 Å². The molecule has 6 heteroatoms. The second kappa shape index (κ2) is 9.46. The fraction of sp³-hybridized carbons (Fsp3) is 0.300. The van der Waals surface area contributed by atoms with Crippen LogP contribution in [0.1, 0.15) is 39.6 Å². The van der Waals surface area contributed by atoms with Crippen LogP contribution in [0.4, 0.5) is 0 Å². The van der Waals surface area contributed by atoms with Crippen molar-refractivity contribution >= 4 is 11.8 Å². The Morgan fingerprint density at radius 1 is 0.846 bits per heavy atom. The molecule has 0 fully saturated rings. The topological polar surface area (TPSA) is 76.7 Å². The van der Waals surface area contributed by atoms with Crippen molar-refractivity contribution in [1.82, 2.24) is 10.6 Å². The maximum Gasteiger partial charge on any atom is 0.251 e. The Balaban J connectivity index is 1.96. The molecule has 0 atom stereocenters. The first-order valence-electron chi connectivity index (χ1n) is 8.46. The highest BCUT2D eigenvalue weighted by atomic mass is 16.5. The van der Waals surface area contributed by atoms with Gasteiger partial charge in [-0.2, -0.15) is 0 Å². The van der Waals surface area contributed by atoms with Gasteiger partial charge in [-0.3, -0.25) is 9.59 Å². The number of nitrogens with one attached hydrogen (secondary N) is 2. The van der Waals surface area contributed by atoms with Gasteiger partial charge >= 0.3 is 0 Å². The molecule has 138 valence electrons. The van der Waals surface area contributed by atoms with Gasteiger partial charge in [0.05, 0.1) is 14.2 Å². The molecule has 2 N–H and O–H groups in total. The Morgan fingerprint density at radius 3 is 1.96 bits per heavy atom. The van der Waals surface area contributed by atoms with E-state index in [0.717, 1.165) is 12.0 Å². The normalized spacial score (nSPS) is 10.1. The van der Waals surface area contributed by atoms with Gasteiger partial charge in [0.2, 0.25) is 0 Å². The molecule has 0 aliphatic carbocycles. The Hall–Kier alpha value is -3.02. The summed E-state index contributed by atoms with van der Waals surface area (Å²) in [7, 11) is 3.14. The average molecular weight is 356 g/mol. The van der Waals surface area contributed by atoms with E-state index in [4.69, 9.17) is 9.47 Å². The zero-order valence-electron chi connectivity index (χ0n) is 15.3. The van der Waals surface area contributed by atoms with E-state index >= 15 is 0 Å². The SMILES string of the molecule is CCCNC(=O)c1ccc(C(=O)NCc2ccc(OC)c(OC)c2)cc1. The van der Waals surface area contributed by atoms with Crippen molar-refractivity contribution in [2.45, 2.75) is 19.9 Å². The Kier molecular flexibility index (Phi) is 7.02. The fourth-order valence-electron chi connectivity index (χ4n) is 2.39. The molecule has 0 bridgehead atoms. The molecule has 0 radical (unpaired) electrons. The number of ether oxygens (including phenoxy) is 2. The van der Waals surface area contributed by atoms with E-state index in [1.54, 1.807) is 44.6 Å². The minimum atomic E-state index is -0.208. The van der Waals surface area contributed by atoms with Crippen LogP contribution in [-0.4, -0.2) is 32.6 Å². The van der Waals surface area contributed by atoms with Gasteiger partial charge in [-0.05, 0) is 48.4 Å². The number of methoxy groups -OCH3 is 2. The van der Waals surface area contributed by atoms with Gasteiger partial charge in [0.15, 0.2) is 11.5 Å². The number of amides is 2. The molecule has 0 aliphatic heterocycles. The summed E-state index contributed by atoms with van der Waals surface area (Å²) in [5.41, 5.74) is 1.93. The predicted molar refractivity (Wildman–Crippen MR) is 99.8 cm³/mol. The molecule has 2 rings (SSSR count). The molecule has 0 heterocycles. The van der Waals surface area contributed by atoms with Crippen LogP contribution in [0.15, 0.2) is 42.5 Å². The van der Waals surface area contributed by atoms with Crippen molar-refractivity contribution in [2.24, 2.45) is 0 Å². The number of hydrogen-bond acceptors (Lipinski definition) is 4. The quantitative estimate of drug-likeness (QED) is 0.762. The van der Waals surface area contributed by atoms with E-state index in [9.17, 15) is 9.59 Å². The van der Waals surface area contributed by atoms with Crippen molar-refractivity contribution in [3.05, 3.63) is 59.2 Å². The molecule has 6 nitrogen and oxygen atoms in total. The summed E-state index contributed by atoms with van der Waals surface area (Å²) in [5, 5.41) is 5.65. The lowest BCUT2D eigenvalue weighted by Crippen LogP contribution is -2.25. The third-order valence-electron chi connectivity index (χ3n) is 3.85. The van der Waals surface area contributed by atoms with E-state index in [-0.39, 0.29) is 11.8 Å². The third-order valence-corrected chi connectivity index (χ3v) is 3.85.